The Hall–Kier alpha value is -3.93. The molecule has 5 rings (SSSR count). The average Bonchev–Trinajstić information content (AvgIpc) is 3.15. The van der Waals surface area contributed by atoms with Crippen LogP contribution in [0.3, 0.4) is 0 Å². The molecule has 1 unspecified atom stereocenters. The van der Waals surface area contributed by atoms with Crippen LogP contribution in [0, 0.1) is 0 Å². The molecule has 0 spiro atoms. The van der Waals surface area contributed by atoms with Crippen molar-refractivity contribution < 1.29 is 14.7 Å². The predicted octanol–water partition coefficient (Wildman–Crippen LogP) is 4.70. The number of aliphatic hydroxyl groups is 1. The Morgan fingerprint density at radius 3 is 2.12 bits per heavy atom. The number of carbonyl (C=O) groups is 2. The molecule has 0 aliphatic carbocycles. The lowest BCUT2D eigenvalue weighted by Crippen LogP contribution is -2.30. The predicted molar refractivity (Wildman–Crippen MR) is 128 cm³/mol. The zero-order valence-corrected chi connectivity index (χ0v) is 18.2. The van der Waals surface area contributed by atoms with Gasteiger partial charge in [-0.05, 0) is 61.2 Å². The van der Waals surface area contributed by atoms with Crippen molar-refractivity contribution in [2.45, 2.75) is 25.3 Å². The first-order valence-corrected chi connectivity index (χ1v) is 11.3. The van der Waals surface area contributed by atoms with E-state index in [2.05, 4.69) is 9.88 Å². The number of ketones is 1. The lowest BCUT2D eigenvalue weighted by Gasteiger charge is -2.30. The van der Waals surface area contributed by atoms with E-state index in [0.717, 1.165) is 18.8 Å². The molecule has 1 amide bonds. The number of piperidine rings is 1. The van der Waals surface area contributed by atoms with Crippen LogP contribution in [0.25, 0.3) is 5.76 Å². The number of rotatable bonds is 4. The summed E-state index contributed by atoms with van der Waals surface area (Å²) in [7, 11) is 0. The maximum Gasteiger partial charge on any atom is 0.300 e. The number of benzene rings is 2. The number of aromatic nitrogens is 1. The number of nitrogens with zero attached hydrogens (tertiary/aromatic N) is 3. The summed E-state index contributed by atoms with van der Waals surface area (Å²) < 4.78 is 0. The van der Waals surface area contributed by atoms with Gasteiger partial charge in [-0.1, -0.05) is 30.3 Å². The van der Waals surface area contributed by atoms with Crippen molar-refractivity contribution in [3.63, 3.8) is 0 Å². The van der Waals surface area contributed by atoms with E-state index in [1.807, 2.05) is 30.3 Å². The van der Waals surface area contributed by atoms with Gasteiger partial charge in [-0.3, -0.25) is 19.5 Å². The quantitative estimate of drug-likeness (QED) is 0.362. The van der Waals surface area contributed by atoms with Crippen LogP contribution in [-0.2, 0) is 9.59 Å². The number of hydrogen-bond acceptors (Lipinski definition) is 5. The van der Waals surface area contributed by atoms with Crippen LogP contribution in [0.2, 0.25) is 0 Å². The lowest BCUT2D eigenvalue weighted by atomic mass is 9.96. The van der Waals surface area contributed by atoms with Crippen LogP contribution in [0.15, 0.2) is 84.7 Å². The van der Waals surface area contributed by atoms with E-state index in [0.29, 0.717) is 16.8 Å². The van der Waals surface area contributed by atoms with E-state index in [1.54, 1.807) is 48.8 Å². The lowest BCUT2D eigenvalue weighted by molar-refractivity contribution is -0.132. The van der Waals surface area contributed by atoms with Crippen LogP contribution >= 0.6 is 0 Å². The SMILES string of the molecule is O=C1C(=O)N(c2ccc(N3CCCCC3)cc2)C(c2ccncc2)/C1=C(\O)c1ccccc1. The van der Waals surface area contributed by atoms with Crippen LogP contribution in [-0.4, -0.2) is 34.9 Å². The summed E-state index contributed by atoms with van der Waals surface area (Å²) in [4.78, 5) is 34.3. The van der Waals surface area contributed by atoms with Crippen molar-refractivity contribution in [2.75, 3.05) is 22.9 Å². The molecule has 33 heavy (non-hydrogen) atoms. The molecular weight excluding hydrogens is 414 g/mol. The fourth-order valence-electron chi connectivity index (χ4n) is 4.69. The van der Waals surface area contributed by atoms with Crippen molar-refractivity contribution in [3.8, 4) is 0 Å². The van der Waals surface area contributed by atoms with Crippen molar-refractivity contribution in [2.24, 2.45) is 0 Å². The molecule has 3 aromatic rings. The maximum atomic E-state index is 13.2. The smallest absolute Gasteiger partial charge is 0.300 e. The highest BCUT2D eigenvalue weighted by atomic mass is 16.3. The summed E-state index contributed by atoms with van der Waals surface area (Å²) in [5.41, 5.74) is 3.01. The van der Waals surface area contributed by atoms with E-state index in [4.69, 9.17) is 0 Å². The van der Waals surface area contributed by atoms with Crippen LogP contribution in [0.1, 0.15) is 36.4 Å². The van der Waals surface area contributed by atoms with Gasteiger partial charge in [0, 0.05) is 42.4 Å². The molecule has 2 aromatic carbocycles. The fraction of sp³-hybridized carbons (Fsp3) is 0.222. The molecule has 0 bridgehead atoms. The number of carbonyl (C=O) groups excluding carboxylic acids is 2. The van der Waals surface area contributed by atoms with Crippen LogP contribution in [0.5, 0.6) is 0 Å². The molecule has 6 heteroatoms. The second-order valence-corrected chi connectivity index (χ2v) is 8.38. The van der Waals surface area contributed by atoms with E-state index >= 15 is 0 Å². The first kappa shape index (κ1) is 20.9. The normalized spacial score (nSPS) is 20.3. The van der Waals surface area contributed by atoms with E-state index < -0.39 is 17.7 Å². The zero-order valence-electron chi connectivity index (χ0n) is 18.2. The first-order chi connectivity index (χ1) is 16.1. The number of amides is 1. The first-order valence-electron chi connectivity index (χ1n) is 11.3. The molecule has 3 heterocycles. The standard InChI is InChI=1S/C27H25N3O3/c31-25(20-7-3-1-4-8-20)23-24(19-13-15-28-16-14-19)30(27(33)26(23)32)22-11-9-21(10-12-22)29-17-5-2-6-18-29/h1,3-4,7-16,24,31H,2,5-6,17-18H2/b25-23+. The summed E-state index contributed by atoms with van der Waals surface area (Å²) in [6.07, 6.45) is 6.86. The number of aliphatic hydroxyl groups excluding tert-OH is 1. The topological polar surface area (TPSA) is 73.7 Å². The highest BCUT2D eigenvalue weighted by Gasteiger charge is 2.46. The number of pyridine rings is 1. The molecule has 2 aliphatic rings. The minimum absolute atomic E-state index is 0.0810. The molecular formula is C27H25N3O3. The number of hydrogen-bond donors (Lipinski definition) is 1. The Kier molecular flexibility index (Phi) is 5.65. The van der Waals surface area contributed by atoms with Crippen LogP contribution < -0.4 is 9.80 Å². The highest BCUT2D eigenvalue weighted by molar-refractivity contribution is 6.51. The molecule has 2 fully saturated rings. The minimum Gasteiger partial charge on any atom is -0.507 e. The monoisotopic (exact) mass is 439 g/mol. The van der Waals surface area contributed by atoms with Crippen molar-refractivity contribution in [1.29, 1.82) is 0 Å². The Morgan fingerprint density at radius 2 is 1.45 bits per heavy atom. The van der Waals surface area contributed by atoms with E-state index in [-0.39, 0.29) is 11.3 Å². The van der Waals surface area contributed by atoms with Gasteiger partial charge in [-0.2, -0.15) is 0 Å². The second kappa shape index (κ2) is 8.90. The minimum atomic E-state index is -0.742. The van der Waals surface area contributed by atoms with Crippen molar-refractivity contribution >= 4 is 28.8 Å². The largest absolute Gasteiger partial charge is 0.507 e. The molecule has 1 atom stereocenters. The van der Waals surface area contributed by atoms with Gasteiger partial charge >= 0.3 is 0 Å². The molecule has 6 nitrogen and oxygen atoms in total. The van der Waals surface area contributed by atoms with Gasteiger partial charge in [-0.25, -0.2) is 0 Å². The molecule has 2 aliphatic heterocycles. The summed E-state index contributed by atoms with van der Waals surface area (Å²) in [6, 6.07) is 19.4. The Bertz CT molecular complexity index is 1180. The molecule has 2 saturated heterocycles. The number of Topliss-reactive ketones (excluding diaryl/α,β-unsaturated/α-hetero) is 1. The average molecular weight is 440 g/mol. The van der Waals surface area contributed by atoms with Gasteiger partial charge in [-0.15, -0.1) is 0 Å². The van der Waals surface area contributed by atoms with Gasteiger partial charge in [0.05, 0.1) is 11.6 Å². The summed E-state index contributed by atoms with van der Waals surface area (Å²) >= 11 is 0. The Balaban J connectivity index is 1.59. The third-order valence-corrected chi connectivity index (χ3v) is 6.36. The van der Waals surface area contributed by atoms with Gasteiger partial charge in [0.25, 0.3) is 11.7 Å². The van der Waals surface area contributed by atoms with Gasteiger partial charge in [0.15, 0.2) is 0 Å². The summed E-state index contributed by atoms with van der Waals surface area (Å²) in [6.45, 7) is 2.05. The van der Waals surface area contributed by atoms with Gasteiger partial charge < -0.3 is 10.0 Å². The third-order valence-electron chi connectivity index (χ3n) is 6.36. The fourth-order valence-corrected chi connectivity index (χ4v) is 4.69. The molecule has 166 valence electrons. The number of anilines is 2. The third kappa shape index (κ3) is 3.89. The summed E-state index contributed by atoms with van der Waals surface area (Å²) in [5, 5.41) is 11.1. The van der Waals surface area contributed by atoms with E-state index in [1.165, 1.54) is 24.2 Å². The van der Waals surface area contributed by atoms with Crippen molar-refractivity contribution in [3.05, 3.63) is 95.8 Å². The molecule has 0 saturated carbocycles. The maximum absolute atomic E-state index is 13.2. The highest BCUT2D eigenvalue weighted by Crippen LogP contribution is 2.42. The van der Waals surface area contributed by atoms with Crippen molar-refractivity contribution in [1.82, 2.24) is 4.98 Å². The molecule has 1 N–H and O–H groups in total. The zero-order chi connectivity index (χ0) is 22.8. The molecule has 0 radical (unpaired) electrons. The summed E-state index contributed by atoms with van der Waals surface area (Å²) in [5.74, 6) is -1.53. The Labute approximate surface area is 192 Å². The molecule has 1 aromatic heterocycles. The van der Waals surface area contributed by atoms with E-state index in [9.17, 15) is 14.7 Å². The second-order valence-electron chi connectivity index (χ2n) is 8.38. The van der Waals surface area contributed by atoms with Gasteiger partial charge in [0.2, 0.25) is 0 Å². The van der Waals surface area contributed by atoms with Crippen LogP contribution in [0.4, 0.5) is 11.4 Å². The Morgan fingerprint density at radius 1 is 0.818 bits per heavy atom. The van der Waals surface area contributed by atoms with Gasteiger partial charge in [0.1, 0.15) is 5.76 Å².